The third kappa shape index (κ3) is 3.42. The van der Waals surface area contributed by atoms with Crippen LogP contribution in [0, 0.1) is 5.82 Å². The van der Waals surface area contributed by atoms with E-state index >= 15 is 0 Å². The Hall–Kier alpha value is -0.680. The van der Waals surface area contributed by atoms with Crippen molar-refractivity contribution in [2.24, 2.45) is 5.84 Å². The number of nitrogens with two attached hydrogens (primary N) is 1. The number of halogens is 2. The minimum atomic E-state index is -0.444. The molecule has 102 valence electrons. The second-order valence-electron chi connectivity index (χ2n) is 4.53. The molecule has 0 saturated heterocycles. The zero-order valence-corrected chi connectivity index (χ0v) is 11.7. The molecule has 2 atom stereocenters. The van der Waals surface area contributed by atoms with E-state index in [0.717, 1.165) is 6.42 Å². The second-order valence-corrected chi connectivity index (χ2v) is 4.97. The van der Waals surface area contributed by atoms with E-state index in [9.17, 15) is 4.39 Å². The molecule has 0 saturated carbocycles. The van der Waals surface area contributed by atoms with E-state index in [0.29, 0.717) is 17.0 Å². The highest BCUT2D eigenvalue weighted by atomic mass is 35.5. The lowest BCUT2D eigenvalue weighted by Crippen LogP contribution is -2.53. The van der Waals surface area contributed by atoms with Crippen LogP contribution in [-0.2, 0) is 11.2 Å². The fourth-order valence-electron chi connectivity index (χ4n) is 1.89. The molecule has 0 fully saturated rings. The van der Waals surface area contributed by atoms with E-state index in [1.54, 1.807) is 19.2 Å². The first-order valence-corrected chi connectivity index (χ1v) is 6.29. The van der Waals surface area contributed by atoms with Crippen molar-refractivity contribution in [3.8, 4) is 0 Å². The quantitative estimate of drug-likeness (QED) is 0.619. The maximum absolute atomic E-state index is 13.7. The third-order valence-corrected chi connectivity index (χ3v) is 3.78. The van der Waals surface area contributed by atoms with E-state index in [2.05, 4.69) is 5.43 Å². The Labute approximate surface area is 112 Å². The highest BCUT2D eigenvalue weighted by molar-refractivity contribution is 6.30. The Kier molecular flexibility index (Phi) is 5.53. The summed E-state index contributed by atoms with van der Waals surface area (Å²) in [6.45, 7) is 3.96. The summed E-state index contributed by atoms with van der Waals surface area (Å²) >= 11 is 5.73. The first-order valence-electron chi connectivity index (χ1n) is 5.92. The topological polar surface area (TPSA) is 47.3 Å². The molecule has 1 aromatic carbocycles. The minimum absolute atomic E-state index is 0.178. The summed E-state index contributed by atoms with van der Waals surface area (Å²) in [5.41, 5.74) is 2.84. The van der Waals surface area contributed by atoms with Crippen molar-refractivity contribution in [1.82, 2.24) is 5.43 Å². The van der Waals surface area contributed by atoms with E-state index in [4.69, 9.17) is 22.2 Å². The Morgan fingerprint density at radius 2 is 2.22 bits per heavy atom. The number of hydrogen-bond donors (Lipinski definition) is 2. The van der Waals surface area contributed by atoms with Gasteiger partial charge in [0.2, 0.25) is 0 Å². The van der Waals surface area contributed by atoms with Crippen molar-refractivity contribution in [3.63, 3.8) is 0 Å². The molecule has 0 aliphatic heterocycles. The zero-order chi connectivity index (χ0) is 13.8. The fraction of sp³-hybridized carbons (Fsp3) is 0.538. The minimum Gasteiger partial charge on any atom is -0.377 e. The Morgan fingerprint density at radius 1 is 1.56 bits per heavy atom. The number of ether oxygens (including phenoxy) is 1. The van der Waals surface area contributed by atoms with Gasteiger partial charge in [-0.1, -0.05) is 24.6 Å². The van der Waals surface area contributed by atoms with Gasteiger partial charge in [-0.15, -0.1) is 0 Å². The standard InChI is InChI=1S/C13H20ClFN2O/c1-4-13(2,18-3)12(17-16)7-9-5-6-10(14)8-11(9)15/h5-6,8,12,17H,4,7,16H2,1-3H3. The highest BCUT2D eigenvalue weighted by Crippen LogP contribution is 2.24. The predicted octanol–water partition coefficient (Wildman–Crippen LogP) is 2.67. The maximum atomic E-state index is 13.7. The van der Waals surface area contributed by atoms with Gasteiger partial charge in [-0.2, -0.15) is 0 Å². The summed E-state index contributed by atoms with van der Waals surface area (Å²) in [5.74, 6) is 5.24. The molecule has 3 nitrogen and oxygen atoms in total. The van der Waals surface area contributed by atoms with E-state index in [1.807, 2.05) is 13.8 Å². The normalized spacial score (nSPS) is 16.3. The van der Waals surface area contributed by atoms with Crippen molar-refractivity contribution in [2.75, 3.05) is 7.11 Å². The van der Waals surface area contributed by atoms with Crippen LogP contribution in [0.2, 0.25) is 5.02 Å². The number of nitrogens with one attached hydrogen (secondary N) is 1. The Morgan fingerprint density at radius 3 is 2.67 bits per heavy atom. The van der Waals surface area contributed by atoms with Crippen molar-refractivity contribution >= 4 is 11.6 Å². The van der Waals surface area contributed by atoms with Crippen LogP contribution in [0.1, 0.15) is 25.8 Å². The van der Waals surface area contributed by atoms with Crippen LogP contribution >= 0.6 is 11.6 Å². The van der Waals surface area contributed by atoms with Gasteiger partial charge >= 0.3 is 0 Å². The molecule has 0 radical (unpaired) electrons. The van der Waals surface area contributed by atoms with Gasteiger partial charge in [0.05, 0.1) is 11.6 Å². The van der Waals surface area contributed by atoms with Crippen LogP contribution in [0.15, 0.2) is 18.2 Å². The first kappa shape index (κ1) is 15.4. The largest absolute Gasteiger partial charge is 0.377 e. The van der Waals surface area contributed by atoms with Crippen molar-refractivity contribution in [2.45, 2.75) is 38.3 Å². The van der Waals surface area contributed by atoms with E-state index < -0.39 is 5.60 Å². The number of hydrogen-bond acceptors (Lipinski definition) is 3. The van der Waals surface area contributed by atoms with E-state index in [-0.39, 0.29) is 11.9 Å². The summed E-state index contributed by atoms with van der Waals surface area (Å²) in [5, 5.41) is 0.388. The smallest absolute Gasteiger partial charge is 0.127 e. The molecule has 2 unspecified atom stereocenters. The lowest BCUT2D eigenvalue weighted by Gasteiger charge is -2.35. The van der Waals surface area contributed by atoms with Crippen molar-refractivity contribution < 1.29 is 9.13 Å². The molecular weight excluding hydrogens is 255 g/mol. The van der Waals surface area contributed by atoms with Gasteiger partial charge < -0.3 is 4.74 Å². The van der Waals surface area contributed by atoms with Gasteiger partial charge in [0.15, 0.2) is 0 Å². The van der Waals surface area contributed by atoms with Gasteiger partial charge in [0.1, 0.15) is 5.82 Å². The van der Waals surface area contributed by atoms with E-state index in [1.165, 1.54) is 6.07 Å². The lowest BCUT2D eigenvalue weighted by molar-refractivity contribution is -0.0289. The number of methoxy groups -OCH3 is 1. The monoisotopic (exact) mass is 274 g/mol. The van der Waals surface area contributed by atoms with Crippen LogP contribution in [0.5, 0.6) is 0 Å². The predicted molar refractivity (Wildman–Crippen MR) is 71.9 cm³/mol. The molecule has 0 aliphatic rings. The molecule has 0 aliphatic carbocycles. The molecule has 18 heavy (non-hydrogen) atoms. The third-order valence-electron chi connectivity index (χ3n) is 3.55. The van der Waals surface area contributed by atoms with Crippen molar-refractivity contribution in [1.29, 1.82) is 0 Å². The Bertz CT molecular complexity index is 397. The molecule has 0 aromatic heterocycles. The number of benzene rings is 1. The maximum Gasteiger partial charge on any atom is 0.127 e. The van der Waals surface area contributed by atoms with Crippen LogP contribution in [-0.4, -0.2) is 18.8 Å². The molecular formula is C13H20ClFN2O. The van der Waals surface area contributed by atoms with Crippen LogP contribution < -0.4 is 11.3 Å². The van der Waals surface area contributed by atoms with Crippen LogP contribution in [0.4, 0.5) is 4.39 Å². The van der Waals surface area contributed by atoms with Gasteiger partial charge in [0, 0.05) is 12.1 Å². The summed E-state index contributed by atoms with van der Waals surface area (Å²) in [6.07, 6.45) is 1.21. The second kappa shape index (κ2) is 6.48. The van der Waals surface area contributed by atoms with Gasteiger partial charge in [-0.05, 0) is 37.5 Å². The van der Waals surface area contributed by atoms with Crippen LogP contribution in [0.3, 0.4) is 0 Å². The average molecular weight is 275 g/mol. The summed E-state index contributed by atoms with van der Waals surface area (Å²) in [4.78, 5) is 0. The Balaban J connectivity index is 2.92. The molecule has 0 heterocycles. The van der Waals surface area contributed by atoms with Gasteiger partial charge in [-0.25, -0.2) is 4.39 Å². The molecule has 0 amide bonds. The molecule has 1 rings (SSSR count). The lowest BCUT2D eigenvalue weighted by atomic mass is 9.88. The molecule has 3 N–H and O–H groups in total. The van der Waals surface area contributed by atoms with Gasteiger partial charge in [0.25, 0.3) is 0 Å². The SMILES string of the molecule is CCC(C)(OC)C(Cc1ccc(Cl)cc1F)NN. The average Bonchev–Trinajstić information content (AvgIpc) is 2.37. The first-order chi connectivity index (χ1) is 8.46. The molecule has 0 spiro atoms. The summed E-state index contributed by atoms with van der Waals surface area (Å²) in [7, 11) is 1.63. The highest BCUT2D eigenvalue weighted by Gasteiger charge is 2.32. The summed E-state index contributed by atoms with van der Waals surface area (Å²) in [6, 6.07) is 4.47. The molecule has 5 heteroatoms. The fourth-order valence-corrected chi connectivity index (χ4v) is 2.05. The van der Waals surface area contributed by atoms with Crippen molar-refractivity contribution in [3.05, 3.63) is 34.6 Å². The number of hydrazine groups is 1. The zero-order valence-electron chi connectivity index (χ0n) is 11.0. The van der Waals surface area contributed by atoms with Crippen LogP contribution in [0.25, 0.3) is 0 Å². The molecule has 1 aromatic rings. The van der Waals surface area contributed by atoms with Gasteiger partial charge in [-0.3, -0.25) is 11.3 Å². The summed E-state index contributed by atoms with van der Waals surface area (Å²) < 4.78 is 19.2. The number of rotatable bonds is 6. The molecule has 0 bridgehead atoms.